The molecular formula is C22H19F2N7. The van der Waals surface area contributed by atoms with Gasteiger partial charge in [-0.25, -0.2) is 23.3 Å². The van der Waals surface area contributed by atoms with Crippen LogP contribution < -0.4 is 10.6 Å². The number of halogens is 2. The van der Waals surface area contributed by atoms with Gasteiger partial charge in [0.25, 0.3) is 0 Å². The van der Waals surface area contributed by atoms with Crippen molar-refractivity contribution in [2.45, 2.75) is 13.5 Å². The van der Waals surface area contributed by atoms with E-state index in [1.54, 1.807) is 22.9 Å². The predicted molar refractivity (Wildman–Crippen MR) is 114 cm³/mol. The van der Waals surface area contributed by atoms with Crippen molar-refractivity contribution in [2.75, 3.05) is 5.32 Å². The molecule has 0 saturated heterocycles. The summed E-state index contributed by atoms with van der Waals surface area (Å²) < 4.78 is 28.9. The summed E-state index contributed by atoms with van der Waals surface area (Å²) >= 11 is 0. The maximum Gasteiger partial charge on any atom is 0.155 e. The molecule has 3 aromatic heterocycles. The number of nitrogens with one attached hydrogen (secondary N) is 3. The second-order valence-corrected chi connectivity index (χ2v) is 6.83. The summed E-state index contributed by atoms with van der Waals surface area (Å²) in [7, 11) is 0. The fourth-order valence-electron chi connectivity index (χ4n) is 2.98. The van der Waals surface area contributed by atoms with Crippen molar-refractivity contribution in [3.8, 4) is 0 Å². The topological polar surface area (TPSA) is 91.0 Å². The third-order valence-corrected chi connectivity index (χ3v) is 4.50. The number of hydrogen-bond donors (Lipinski definition) is 3. The molecule has 0 aliphatic carbocycles. The number of aryl methyl sites for hydroxylation is 1. The Bertz CT molecular complexity index is 1280. The average molecular weight is 419 g/mol. The number of aromatic nitrogens is 4. The third kappa shape index (κ3) is 4.89. The van der Waals surface area contributed by atoms with Gasteiger partial charge in [-0.15, -0.1) is 0 Å². The van der Waals surface area contributed by atoms with Crippen molar-refractivity contribution in [3.63, 3.8) is 0 Å². The van der Waals surface area contributed by atoms with Crippen LogP contribution in [0.1, 0.15) is 16.8 Å². The van der Waals surface area contributed by atoms with Gasteiger partial charge >= 0.3 is 0 Å². The number of anilines is 1. The molecular weight excluding hydrogens is 400 g/mol. The van der Waals surface area contributed by atoms with Gasteiger partial charge in [0.2, 0.25) is 0 Å². The normalized spacial score (nSPS) is 11.5. The van der Waals surface area contributed by atoms with Crippen LogP contribution >= 0.6 is 0 Å². The summed E-state index contributed by atoms with van der Waals surface area (Å²) in [6.07, 6.45) is 4.78. The van der Waals surface area contributed by atoms with Gasteiger partial charge in [0, 0.05) is 35.6 Å². The molecule has 0 amide bonds. The van der Waals surface area contributed by atoms with Crippen molar-refractivity contribution in [3.05, 3.63) is 95.6 Å². The van der Waals surface area contributed by atoms with Crippen LogP contribution in [0.3, 0.4) is 0 Å². The molecule has 3 heterocycles. The van der Waals surface area contributed by atoms with Gasteiger partial charge in [0.15, 0.2) is 5.65 Å². The van der Waals surface area contributed by atoms with Crippen LogP contribution in [0, 0.1) is 24.0 Å². The van der Waals surface area contributed by atoms with Crippen LogP contribution in [0.5, 0.6) is 0 Å². The van der Waals surface area contributed by atoms with Crippen molar-refractivity contribution in [1.82, 2.24) is 24.9 Å². The zero-order valence-corrected chi connectivity index (χ0v) is 16.6. The molecule has 3 N–H and O–H groups in total. The second-order valence-electron chi connectivity index (χ2n) is 6.83. The molecule has 0 saturated carbocycles. The number of hydrogen-bond acceptors (Lipinski definition) is 5. The van der Waals surface area contributed by atoms with E-state index in [9.17, 15) is 8.78 Å². The standard InChI is InChI=1S/C22H19F2N7/c1-14-3-2-4-21(29-14)30-19(15-5-8-22-27-13-28-31(22)12-15)10-20(25)26-11-16-9-17(23)6-7-18(16)24/h2-10,12-13H,11H2,1H3,(H2,25,26)(H,29,30)/b19-10-. The van der Waals surface area contributed by atoms with Gasteiger partial charge in [-0.1, -0.05) is 6.07 Å². The molecule has 31 heavy (non-hydrogen) atoms. The quantitative estimate of drug-likeness (QED) is 0.325. The molecule has 0 aliphatic rings. The van der Waals surface area contributed by atoms with Crippen LogP contribution in [-0.2, 0) is 6.54 Å². The van der Waals surface area contributed by atoms with Gasteiger partial charge < -0.3 is 10.6 Å². The fourth-order valence-corrected chi connectivity index (χ4v) is 2.98. The Kier molecular flexibility index (Phi) is 5.65. The van der Waals surface area contributed by atoms with Gasteiger partial charge in [-0.05, 0) is 49.4 Å². The second kappa shape index (κ2) is 8.70. The van der Waals surface area contributed by atoms with E-state index in [1.807, 2.05) is 31.2 Å². The lowest BCUT2D eigenvalue weighted by molar-refractivity contribution is 0.582. The van der Waals surface area contributed by atoms with Crippen LogP contribution in [0.2, 0.25) is 0 Å². The van der Waals surface area contributed by atoms with Gasteiger partial charge in [-0.2, -0.15) is 5.10 Å². The maximum absolute atomic E-state index is 13.9. The molecule has 7 nitrogen and oxygen atoms in total. The van der Waals surface area contributed by atoms with E-state index in [-0.39, 0.29) is 17.9 Å². The highest BCUT2D eigenvalue weighted by Gasteiger charge is 2.09. The Labute approximate surface area is 177 Å². The Morgan fingerprint density at radius 2 is 2.03 bits per heavy atom. The number of rotatable bonds is 6. The molecule has 0 bridgehead atoms. The first kappa shape index (κ1) is 20.1. The van der Waals surface area contributed by atoms with Crippen LogP contribution in [0.4, 0.5) is 14.6 Å². The average Bonchev–Trinajstić information content (AvgIpc) is 3.22. The van der Waals surface area contributed by atoms with E-state index in [0.717, 1.165) is 29.5 Å². The summed E-state index contributed by atoms with van der Waals surface area (Å²) in [6, 6.07) is 12.4. The zero-order chi connectivity index (χ0) is 21.8. The van der Waals surface area contributed by atoms with Crippen molar-refractivity contribution < 1.29 is 8.78 Å². The van der Waals surface area contributed by atoms with E-state index < -0.39 is 11.6 Å². The molecule has 9 heteroatoms. The van der Waals surface area contributed by atoms with Gasteiger partial charge in [-0.3, -0.25) is 5.41 Å². The Hall–Kier alpha value is -4.14. The van der Waals surface area contributed by atoms with E-state index in [2.05, 4.69) is 25.7 Å². The number of amidine groups is 1. The highest BCUT2D eigenvalue weighted by molar-refractivity contribution is 5.99. The smallest absolute Gasteiger partial charge is 0.155 e. The molecule has 0 radical (unpaired) electrons. The SMILES string of the molecule is Cc1cccc(N/C(=C\C(=N)NCc2cc(F)ccc2F)c2ccc3ncnn3c2)n1. The molecule has 156 valence electrons. The van der Waals surface area contributed by atoms with Crippen LogP contribution in [0.15, 0.2) is 67.1 Å². The zero-order valence-electron chi connectivity index (χ0n) is 16.6. The van der Waals surface area contributed by atoms with Crippen molar-refractivity contribution in [1.29, 1.82) is 5.41 Å². The van der Waals surface area contributed by atoms with Crippen LogP contribution in [0.25, 0.3) is 11.3 Å². The van der Waals surface area contributed by atoms with Gasteiger partial charge in [0.1, 0.15) is 29.6 Å². The maximum atomic E-state index is 13.9. The minimum absolute atomic E-state index is 0.0116. The first-order valence-electron chi connectivity index (χ1n) is 9.46. The van der Waals surface area contributed by atoms with Crippen LogP contribution in [-0.4, -0.2) is 25.4 Å². The Morgan fingerprint density at radius 1 is 1.16 bits per heavy atom. The number of fused-ring (bicyclic) bond motifs is 1. The van der Waals surface area contributed by atoms with Gasteiger partial charge in [0.05, 0.1) is 5.70 Å². The molecule has 0 atom stereocenters. The molecule has 0 spiro atoms. The largest absolute Gasteiger partial charge is 0.366 e. The van der Waals surface area contributed by atoms with E-state index in [4.69, 9.17) is 5.41 Å². The molecule has 4 rings (SSSR count). The number of benzene rings is 1. The first-order chi connectivity index (χ1) is 15.0. The third-order valence-electron chi connectivity index (χ3n) is 4.50. The lowest BCUT2D eigenvalue weighted by Crippen LogP contribution is -2.21. The predicted octanol–water partition coefficient (Wildman–Crippen LogP) is 3.93. The number of pyridine rings is 2. The minimum atomic E-state index is -0.537. The summed E-state index contributed by atoms with van der Waals surface area (Å²) in [6.45, 7) is 1.85. The Balaban J connectivity index is 1.61. The molecule has 1 aromatic carbocycles. The fraction of sp³-hybridized carbons (Fsp3) is 0.0909. The Morgan fingerprint density at radius 3 is 2.87 bits per heavy atom. The first-order valence-corrected chi connectivity index (χ1v) is 9.46. The lowest BCUT2D eigenvalue weighted by atomic mass is 10.1. The monoisotopic (exact) mass is 419 g/mol. The summed E-state index contributed by atoms with van der Waals surface area (Å²) in [5.74, 6) is -0.453. The highest BCUT2D eigenvalue weighted by Crippen LogP contribution is 2.18. The van der Waals surface area contributed by atoms with E-state index in [1.165, 1.54) is 6.33 Å². The summed E-state index contributed by atoms with van der Waals surface area (Å²) in [4.78, 5) is 8.58. The van der Waals surface area contributed by atoms with Crippen molar-refractivity contribution in [2.24, 2.45) is 0 Å². The molecule has 0 aliphatic heterocycles. The minimum Gasteiger partial charge on any atom is -0.366 e. The number of nitrogens with zero attached hydrogens (tertiary/aromatic N) is 4. The molecule has 0 unspecified atom stereocenters. The van der Waals surface area contributed by atoms with Crippen molar-refractivity contribution >= 4 is 23.0 Å². The summed E-state index contributed by atoms with van der Waals surface area (Å²) in [5, 5.41) is 18.4. The molecule has 4 aromatic rings. The molecule has 0 fully saturated rings. The highest BCUT2D eigenvalue weighted by atomic mass is 19.1. The van der Waals surface area contributed by atoms with E-state index in [0.29, 0.717) is 17.2 Å². The summed E-state index contributed by atoms with van der Waals surface area (Å²) in [5.41, 5.74) is 2.98. The lowest BCUT2D eigenvalue weighted by Gasteiger charge is -2.13. The van der Waals surface area contributed by atoms with E-state index >= 15 is 0 Å².